The lowest BCUT2D eigenvalue weighted by molar-refractivity contribution is -0.119. The van der Waals surface area contributed by atoms with E-state index in [2.05, 4.69) is 5.32 Å². The summed E-state index contributed by atoms with van der Waals surface area (Å²) in [6.07, 6.45) is 2.75. The number of aryl methyl sites for hydroxylation is 1. The molecule has 1 amide bonds. The molecule has 0 aliphatic carbocycles. The molecule has 1 heterocycles. The maximum atomic E-state index is 13.4. The SMILES string of the molecule is CCCCOC(=O)c1ccc(NC(=O)[C@H]2CCCN2S(=O)(=O)c2cc(OC)ccc2C)cc1. The zero-order valence-corrected chi connectivity index (χ0v) is 20.0. The largest absolute Gasteiger partial charge is 0.497 e. The van der Waals surface area contributed by atoms with Crippen LogP contribution in [0.5, 0.6) is 5.75 Å². The molecule has 33 heavy (non-hydrogen) atoms. The molecular formula is C24H30N2O6S. The Morgan fingerprint density at radius 2 is 1.88 bits per heavy atom. The minimum Gasteiger partial charge on any atom is -0.497 e. The zero-order valence-electron chi connectivity index (χ0n) is 19.2. The monoisotopic (exact) mass is 474 g/mol. The summed E-state index contributed by atoms with van der Waals surface area (Å²) in [6.45, 7) is 4.36. The Bertz CT molecular complexity index is 1100. The van der Waals surface area contributed by atoms with Crippen LogP contribution in [0.15, 0.2) is 47.4 Å². The number of nitrogens with one attached hydrogen (secondary N) is 1. The predicted molar refractivity (Wildman–Crippen MR) is 125 cm³/mol. The number of sulfonamides is 1. The van der Waals surface area contributed by atoms with E-state index in [1.54, 1.807) is 43.3 Å². The number of anilines is 1. The van der Waals surface area contributed by atoms with Crippen LogP contribution in [0.25, 0.3) is 0 Å². The highest BCUT2D eigenvalue weighted by atomic mass is 32.2. The van der Waals surface area contributed by atoms with E-state index in [1.165, 1.54) is 17.5 Å². The highest BCUT2D eigenvalue weighted by Crippen LogP contribution is 2.30. The van der Waals surface area contributed by atoms with Gasteiger partial charge in [-0.25, -0.2) is 13.2 Å². The molecule has 0 aromatic heterocycles. The summed E-state index contributed by atoms with van der Waals surface area (Å²) in [4.78, 5) is 25.1. The number of unbranched alkanes of at least 4 members (excludes halogenated alkanes) is 1. The number of nitrogens with zero attached hydrogens (tertiary/aromatic N) is 1. The van der Waals surface area contributed by atoms with Gasteiger partial charge in [-0.3, -0.25) is 4.79 Å². The van der Waals surface area contributed by atoms with Crippen molar-refractivity contribution in [3.8, 4) is 5.75 Å². The van der Waals surface area contributed by atoms with Gasteiger partial charge in [-0.15, -0.1) is 0 Å². The number of hydrogen-bond donors (Lipinski definition) is 1. The van der Waals surface area contributed by atoms with E-state index in [4.69, 9.17) is 9.47 Å². The van der Waals surface area contributed by atoms with Crippen molar-refractivity contribution in [2.24, 2.45) is 0 Å². The van der Waals surface area contributed by atoms with Crippen LogP contribution in [0.2, 0.25) is 0 Å². The van der Waals surface area contributed by atoms with Crippen molar-refractivity contribution >= 4 is 27.6 Å². The summed E-state index contributed by atoms with van der Waals surface area (Å²) in [5, 5.41) is 2.77. The van der Waals surface area contributed by atoms with Gasteiger partial charge in [0.25, 0.3) is 0 Å². The van der Waals surface area contributed by atoms with Crippen molar-refractivity contribution in [3.63, 3.8) is 0 Å². The Balaban J connectivity index is 1.72. The fourth-order valence-corrected chi connectivity index (χ4v) is 5.61. The van der Waals surface area contributed by atoms with Crippen LogP contribution >= 0.6 is 0 Å². The van der Waals surface area contributed by atoms with Crippen molar-refractivity contribution in [1.29, 1.82) is 0 Å². The second-order valence-corrected chi connectivity index (χ2v) is 9.82. The first-order chi connectivity index (χ1) is 15.8. The number of carbonyl (C=O) groups is 2. The van der Waals surface area contributed by atoms with E-state index < -0.39 is 27.9 Å². The molecule has 1 aliphatic rings. The van der Waals surface area contributed by atoms with Gasteiger partial charge in [0.1, 0.15) is 11.8 Å². The second kappa shape index (κ2) is 10.8. The standard InChI is InChI=1S/C24H30N2O6S/c1-4-5-15-32-24(28)18-9-11-19(12-10-18)25-23(27)21-7-6-14-26(21)33(29,30)22-16-20(31-3)13-8-17(22)2/h8-13,16,21H,4-7,14-15H2,1-3H3,(H,25,27)/t21-/m1/s1. The van der Waals surface area contributed by atoms with E-state index in [-0.39, 0.29) is 11.4 Å². The molecule has 2 aromatic carbocycles. The third-order valence-electron chi connectivity index (χ3n) is 5.61. The minimum absolute atomic E-state index is 0.132. The Hall–Kier alpha value is -2.91. The lowest BCUT2D eigenvalue weighted by Gasteiger charge is -2.24. The summed E-state index contributed by atoms with van der Waals surface area (Å²) in [5.41, 5.74) is 1.46. The van der Waals surface area contributed by atoms with Crippen molar-refractivity contribution in [1.82, 2.24) is 4.31 Å². The van der Waals surface area contributed by atoms with Crippen molar-refractivity contribution < 1.29 is 27.5 Å². The Morgan fingerprint density at radius 1 is 1.15 bits per heavy atom. The lowest BCUT2D eigenvalue weighted by Crippen LogP contribution is -2.43. The normalized spacial score (nSPS) is 16.4. The first-order valence-electron chi connectivity index (χ1n) is 11.0. The molecule has 0 spiro atoms. The molecule has 0 unspecified atom stereocenters. The molecular weight excluding hydrogens is 444 g/mol. The molecule has 1 N–H and O–H groups in total. The van der Waals surface area contributed by atoms with Gasteiger partial charge in [0.2, 0.25) is 15.9 Å². The van der Waals surface area contributed by atoms with E-state index >= 15 is 0 Å². The number of esters is 1. The van der Waals surface area contributed by atoms with E-state index in [1.807, 2.05) is 6.92 Å². The van der Waals surface area contributed by atoms with Crippen LogP contribution in [-0.2, 0) is 19.6 Å². The Kier molecular flexibility index (Phi) is 8.10. The molecule has 1 fully saturated rings. The van der Waals surface area contributed by atoms with Gasteiger partial charge in [0.15, 0.2) is 0 Å². The summed E-state index contributed by atoms with van der Waals surface area (Å²) in [7, 11) is -2.41. The maximum absolute atomic E-state index is 13.4. The number of benzene rings is 2. The third kappa shape index (κ3) is 5.72. The van der Waals surface area contributed by atoms with E-state index in [0.717, 1.165) is 12.8 Å². The van der Waals surface area contributed by atoms with Crippen LogP contribution in [0, 0.1) is 6.92 Å². The Morgan fingerprint density at radius 3 is 2.55 bits per heavy atom. The van der Waals surface area contributed by atoms with Gasteiger partial charge < -0.3 is 14.8 Å². The van der Waals surface area contributed by atoms with Gasteiger partial charge in [-0.2, -0.15) is 4.31 Å². The topological polar surface area (TPSA) is 102 Å². The number of hydrogen-bond acceptors (Lipinski definition) is 6. The summed E-state index contributed by atoms with van der Waals surface area (Å²) in [5.74, 6) is -0.384. The highest BCUT2D eigenvalue weighted by molar-refractivity contribution is 7.89. The predicted octanol–water partition coefficient (Wildman–Crippen LogP) is 3.75. The number of rotatable bonds is 9. The molecule has 9 heteroatoms. The minimum atomic E-state index is -3.89. The van der Waals surface area contributed by atoms with Gasteiger partial charge >= 0.3 is 5.97 Å². The second-order valence-electron chi connectivity index (χ2n) is 7.96. The fraction of sp³-hybridized carbons (Fsp3) is 0.417. The number of carbonyl (C=O) groups excluding carboxylic acids is 2. The van der Waals surface area contributed by atoms with Crippen LogP contribution in [0.3, 0.4) is 0 Å². The highest BCUT2D eigenvalue weighted by Gasteiger charge is 2.40. The average molecular weight is 475 g/mol. The van der Waals surface area contributed by atoms with Crippen LogP contribution < -0.4 is 10.1 Å². The van der Waals surface area contributed by atoms with Crippen molar-refractivity contribution in [2.45, 2.75) is 50.5 Å². The molecule has 1 aliphatic heterocycles. The van der Waals surface area contributed by atoms with Gasteiger partial charge in [0, 0.05) is 18.3 Å². The summed E-state index contributed by atoms with van der Waals surface area (Å²) in [6, 6.07) is 10.4. The van der Waals surface area contributed by atoms with Crippen LogP contribution in [0.4, 0.5) is 5.69 Å². The smallest absolute Gasteiger partial charge is 0.338 e. The maximum Gasteiger partial charge on any atom is 0.338 e. The first-order valence-corrected chi connectivity index (χ1v) is 12.5. The molecule has 8 nitrogen and oxygen atoms in total. The van der Waals surface area contributed by atoms with Crippen molar-refractivity contribution in [3.05, 3.63) is 53.6 Å². The molecule has 1 atom stereocenters. The van der Waals surface area contributed by atoms with Gasteiger partial charge in [-0.05, 0) is 62.1 Å². The lowest BCUT2D eigenvalue weighted by atomic mass is 10.2. The molecule has 2 aromatic rings. The molecule has 178 valence electrons. The first kappa shape index (κ1) is 24.7. The van der Waals surface area contributed by atoms with Crippen LogP contribution in [0.1, 0.15) is 48.5 Å². The quantitative estimate of drug-likeness (QED) is 0.439. The molecule has 0 radical (unpaired) electrons. The van der Waals surface area contributed by atoms with Crippen LogP contribution in [-0.4, -0.2) is 50.9 Å². The van der Waals surface area contributed by atoms with Crippen molar-refractivity contribution in [2.75, 3.05) is 25.6 Å². The molecule has 0 bridgehead atoms. The van der Waals surface area contributed by atoms with E-state index in [9.17, 15) is 18.0 Å². The fourth-order valence-electron chi connectivity index (χ4n) is 3.71. The Labute approximate surface area is 194 Å². The van der Waals surface area contributed by atoms with Gasteiger partial charge in [0.05, 0.1) is 24.2 Å². The molecule has 1 saturated heterocycles. The van der Waals surface area contributed by atoms with E-state index in [0.29, 0.717) is 42.0 Å². The number of methoxy groups -OCH3 is 1. The zero-order chi connectivity index (χ0) is 24.0. The third-order valence-corrected chi connectivity index (χ3v) is 7.66. The summed E-state index contributed by atoms with van der Waals surface area (Å²) < 4.78 is 38.3. The average Bonchev–Trinajstić information content (AvgIpc) is 3.31. The number of ether oxygens (including phenoxy) is 2. The molecule has 0 saturated carbocycles. The summed E-state index contributed by atoms with van der Waals surface area (Å²) >= 11 is 0. The van der Waals surface area contributed by atoms with Gasteiger partial charge in [-0.1, -0.05) is 19.4 Å². The molecule has 3 rings (SSSR count). The number of amides is 1.